The van der Waals surface area contributed by atoms with E-state index in [0.29, 0.717) is 12.0 Å². The van der Waals surface area contributed by atoms with Crippen LogP contribution in [0.5, 0.6) is 0 Å². The van der Waals surface area contributed by atoms with Crippen LogP contribution in [0.4, 0.5) is 4.79 Å². The molecular weight excluding hydrogens is 288 g/mol. The first-order valence-corrected chi connectivity index (χ1v) is 9.38. The van der Waals surface area contributed by atoms with E-state index in [4.69, 9.17) is 4.74 Å². The largest absolute Gasteiger partial charge is 0.444 e. The quantitative estimate of drug-likeness (QED) is 0.752. The SMILES string of the molecule is CC(C)CCC(C)NCCC1CCCN(C(=O)OC(C)(C)C)C1. The van der Waals surface area contributed by atoms with E-state index in [1.165, 1.54) is 19.3 Å². The lowest BCUT2D eigenvalue weighted by atomic mass is 9.95. The molecule has 1 rings (SSSR count). The number of carbonyl (C=O) groups excluding carboxylic acids is 1. The predicted octanol–water partition coefficient (Wildman–Crippen LogP) is 4.44. The van der Waals surface area contributed by atoms with Crippen molar-refractivity contribution in [1.29, 1.82) is 0 Å². The summed E-state index contributed by atoms with van der Waals surface area (Å²) < 4.78 is 5.49. The van der Waals surface area contributed by atoms with Gasteiger partial charge < -0.3 is 15.0 Å². The number of hydrogen-bond acceptors (Lipinski definition) is 3. The summed E-state index contributed by atoms with van der Waals surface area (Å²) >= 11 is 0. The second kappa shape index (κ2) is 9.51. The fourth-order valence-electron chi connectivity index (χ4n) is 3.01. The molecule has 2 unspecified atom stereocenters. The molecule has 1 amide bonds. The maximum Gasteiger partial charge on any atom is 0.410 e. The van der Waals surface area contributed by atoms with Gasteiger partial charge in [0, 0.05) is 19.1 Å². The number of ether oxygens (including phenoxy) is 1. The zero-order valence-electron chi connectivity index (χ0n) is 16.2. The van der Waals surface area contributed by atoms with E-state index >= 15 is 0 Å². The van der Waals surface area contributed by atoms with Crippen LogP contribution in [0.2, 0.25) is 0 Å². The minimum atomic E-state index is -0.405. The number of likely N-dealkylation sites (tertiary alicyclic amines) is 1. The number of piperidine rings is 1. The summed E-state index contributed by atoms with van der Waals surface area (Å²) in [5.74, 6) is 1.38. The molecule has 0 aromatic rings. The Morgan fingerprint density at radius 1 is 1.26 bits per heavy atom. The molecule has 0 spiro atoms. The average molecular weight is 327 g/mol. The minimum absolute atomic E-state index is 0.152. The van der Waals surface area contributed by atoms with Crippen molar-refractivity contribution in [2.24, 2.45) is 11.8 Å². The van der Waals surface area contributed by atoms with Gasteiger partial charge in [0.05, 0.1) is 0 Å². The Morgan fingerprint density at radius 3 is 2.57 bits per heavy atom. The molecule has 1 N–H and O–H groups in total. The molecule has 1 aliphatic heterocycles. The highest BCUT2D eigenvalue weighted by Gasteiger charge is 2.27. The summed E-state index contributed by atoms with van der Waals surface area (Å²) in [6, 6.07) is 0.586. The molecule has 4 nitrogen and oxygen atoms in total. The van der Waals surface area contributed by atoms with Crippen LogP contribution in [0.15, 0.2) is 0 Å². The minimum Gasteiger partial charge on any atom is -0.444 e. The van der Waals surface area contributed by atoms with Gasteiger partial charge in [-0.3, -0.25) is 0 Å². The molecule has 4 heteroatoms. The molecule has 23 heavy (non-hydrogen) atoms. The van der Waals surface area contributed by atoms with E-state index in [1.54, 1.807) is 0 Å². The van der Waals surface area contributed by atoms with Gasteiger partial charge in [-0.25, -0.2) is 4.79 Å². The molecule has 0 radical (unpaired) electrons. The molecule has 1 heterocycles. The standard InChI is InChI=1S/C19H38N2O2/c1-15(2)9-10-16(3)20-12-11-17-8-7-13-21(14-17)18(22)23-19(4,5)6/h15-17,20H,7-14H2,1-6H3. The highest BCUT2D eigenvalue weighted by Crippen LogP contribution is 2.21. The molecule has 1 aliphatic rings. The maximum absolute atomic E-state index is 12.2. The Bertz CT molecular complexity index is 350. The van der Waals surface area contributed by atoms with Gasteiger partial charge in [0.25, 0.3) is 0 Å². The zero-order chi connectivity index (χ0) is 17.5. The molecule has 1 saturated heterocycles. The lowest BCUT2D eigenvalue weighted by Crippen LogP contribution is -2.43. The Morgan fingerprint density at radius 2 is 1.96 bits per heavy atom. The summed E-state index contributed by atoms with van der Waals surface area (Å²) in [6.07, 6.45) is 5.83. The predicted molar refractivity (Wildman–Crippen MR) is 96.7 cm³/mol. The first kappa shape index (κ1) is 20.3. The molecule has 0 aromatic heterocycles. The van der Waals surface area contributed by atoms with Crippen molar-refractivity contribution in [2.75, 3.05) is 19.6 Å². The van der Waals surface area contributed by atoms with E-state index in [1.807, 2.05) is 25.7 Å². The van der Waals surface area contributed by atoms with Crippen LogP contribution in [-0.2, 0) is 4.74 Å². The molecule has 0 saturated carbocycles. The second-order valence-electron chi connectivity index (χ2n) is 8.55. The van der Waals surface area contributed by atoms with Gasteiger partial charge in [-0.05, 0) is 78.2 Å². The molecule has 2 atom stereocenters. The number of amides is 1. The van der Waals surface area contributed by atoms with E-state index in [2.05, 4.69) is 26.1 Å². The second-order valence-corrected chi connectivity index (χ2v) is 8.55. The third-order valence-electron chi connectivity index (χ3n) is 4.39. The lowest BCUT2D eigenvalue weighted by molar-refractivity contribution is 0.0161. The third kappa shape index (κ3) is 9.19. The molecule has 0 aliphatic carbocycles. The van der Waals surface area contributed by atoms with E-state index in [9.17, 15) is 4.79 Å². The fraction of sp³-hybridized carbons (Fsp3) is 0.947. The molecule has 0 aromatic carbocycles. The summed E-state index contributed by atoms with van der Waals surface area (Å²) in [5, 5.41) is 3.63. The first-order valence-electron chi connectivity index (χ1n) is 9.38. The van der Waals surface area contributed by atoms with Crippen LogP contribution < -0.4 is 5.32 Å². The smallest absolute Gasteiger partial charge is 0.410 e. The van der Waals surface area contributed by atoms with Crippen molar-refractivity contribution in [2.45, 2.75) is 85.3 Å². The number of carbonyl (C=O) groups is 1. The normalized spacial score (nSPS) is 20.7. The number of nitrogens with one attached hydrogen (secondary N) is 1. The number of nitrogens with zero attached hydrogens (tertiary/aromatic N) is 1. The summed E-state index contributed by atoms with van der Waals surface area (Å²) in [4.78, 5) is 14.1. The maximum atomic E-state index is 12.2. The van der Waals surface area contributed by atoms with Gasteiger partial charge in [-0.15, -0.1) is 0 Å². The van der Waals surface area contributed by atoms with E-state index in [0.717, 1.165) is 38.4 Å². The summed E-state index contributed by atoms with van der Waals surface area (Å²) in [7, 11) is 0. The number of hydrogen-bond donors (Lipinski definition) is 1. The summed E-state index contributed by atoms with van der Waals surface area (Å²) in [6.45, 7) is 15.3. The van der Waals surface area contributed by atoms with Crippen molar-refractivity contribution in [3.8, 4) is 0 Å². The molecule has 136 valence electrons. The van der Waals surface area contributed by atoms with Crippen LogP contribution in [0.25, 0.3) is 0 Å². The molecular formula is C19H38N2O2. The zero-order valence-corrected chi connectivity index (χ0v) is 16.2. The Balaban J connectivity index is 2.26. The van der Waals surface area contributed by atoms with Crippen molar-refractivity contribution in [1.82, 2.24) is 10.2 Å². The van der Waals surface area contributed by atoms with E-state index < -0.39 is 5.60 Å². The van der Waals surface area contributed by atoms with Crippen LogP contribution in [0, 0.1) is 11.8 Å². The fourth-order valence-corrected chi connectivity index (χ4v) is 3.01. The highest BCUT2D eigenvalue weighted by atomic mass is 16.6. The van der Waals surface area contributed by atoms with Crippen LogP contribution in [0.1, 0.15) is 73.6 Å². The van der Waals surface area contributed by atoms with Crippen LogP contribution in [-0.4, -0.2) is 42.3 Å². The van der Waals surface area contributed by atoms with Crippen LogP contribution >= 0.6 is 0 Å². The van der Waals surface area contributed by atoms with Crippen molar-refractivity contribution in [3.05, 3.63) is 0 Å². The van der Waals surface area contributed by atoms with Gasteiger partial charge in [0.2, 0.25) is 0 Å². The Hall–Kier alpha value is -0.770. The number of rotatable bonds is 7. The molecule has 1 fully saturated rings. The topological polar surface area (TPSA) is 41.6 Å². The highest BCUT2D eigenvalue weighted by molar-refractivity contribution is 5.68. The Labute approximate surface area is 143 Å². The Kier molecular flexibility index (Phi) is 8.38. The third-order valence-corrected chi connectivity index (χ3v) is 4.39. The van der Waals surface area contributed by atoms with Gasteiger partial charge in [-0.1, -0.05) is 13.8 Å². The van der Waals surface area contributed by atoms with Crippen LogP contribution in [0.3, 0.4) is 0 Å². The average Bonchev–Trinajstić information content (AvgIpc) is 2.43. The van der Waals surface area contributed by atoms with Crippen molar-refractivity contribution < 1.29 is 9.53 Å². The summed E-state index contributed by atoms with van der Waals surface area (Å²) in [5.41, 5.74) is -0.405. The van der Waals surface area contributed by atoms with E-state index in [-0.39, 0.29) is 6.09 Å². The molecule has 0 bridgehead atoms. The monoisotopic (exact) mass is 326 g/mol. The van der Waals surface area contributed by atoms with Gasteiger partial charge >= 0.3 is 6.09 Å². The van der Waals surface area contributed by atoms with Crippen molar-refractivity contribution in [3.63, 3.8) is 0 Å². The first-order chi connectivity index (χ1) is 10.7. The van der Waals surface area contributed by atoms with Crippen molar-refractivity contribution >= 4 is 6.09 Å². The van der Waals surface area contributed by atoms with Gasteiger partial charge in [0.1, 0.15) is 5.60 Å². The lowest BCUT2D eigenvalue weighted by Gasteiger charge is -2.34. The van der Waals surface area contributed by atoms with Gasteiger partial charge in [-0.2, -0.15) is 0 Å². The van der Waals surface area contributed by atoms with Gasteiger partial charge in [0.15, 0.2) is 0 Å².